The van der Waals surface area contributed by atoms with Gasteiger partial charge in [0.05, 0.1) is 0 Å². The van der Waals surface area contributed by atoms with Crippen molar-refractivity contribution < 1.29 is 2.85 Å². The quantitative estimate of drug-likeness (QED) is 0.486. The Hall–Kier alpha value is 0.460. The SMILES string of the molecule is C=Cc1ccc(CNC(=S)S)cc1.[Ca+2].[H-].[H-]. The molecule has 4 heteroatoms. The average molecular weight is 251 g/mol. The van der Waals surface area contributed by atoms with Gasteiger partial charge in [0.1, 0.15) is 4.32 Å². The second-order valence-electron chi connectivity index (χ2n) is 2.60. The van der Waals surface area contributed by atoms with Crippen molar-refractivity contribution in [3.63, 3.8) is 0 Å². The van der Waals surface area contributed by atoms with E-state index in [0.717, 1.165) is 12.1 Å². The molecule has 1 rings (SSSR count). The first kappa shape index (κ1) is 14.5. The van der Waals surface area contributed by atoms with Crippen LogP contribution in [0.3, 0.4) is 0 Å². The van der Waals surface area contributed by atoms with Crippen LogP contribution in [0.2, 0.25) is 0 Å². The maximum atomic E-state index is 4.78. The molecule has 0 aliphatic carbocycles. The van der Waals surface area contributed by atoms with Crippen molar-refractivity contribution >= 4 is 73.0 Å². The van der Waals surface area contributed by atoms with Gasteiger partial charge in [0.15, 0.2) is 0 Å². The molecule has 0 aliphatic rings. The Balaban J connectivity index is -0.000000563. The van der Waals surface area contributed by atoms with E-state index in [1.165, 1.54) is 5.56 Å². The zero-order valence-corrected chi connectivity index (χ0v) is 11.8. The monoisotopic (exact) mass is 251 g/mol. The van der Waals surface area contributed by atoms with Crippen molar-refractivity contribution in [2.45, 2.75) is 6.54 Å². The molecule has 1 nitrogen and oxygen atoms in total. The van der Waals surface area contributed by atoms with Gasteiger partial charge in [0, 0.05) is 6.54 Å². The summed E-state index contributed by atoms with van der Waals surface area (Å²) in [4.78, 5) is 0. The largest absolute Gasteiger partial charge is 2.00 e. The number of hydrogen-bond donors (Lipinski definition) is 2. The molecule has 0 aliphatic heterocycles. The maximum Gasteiger partial charge on any atom is 2.00 e. The summed E-state index contributed by atoms with van der Waals surface area (Å²) in [5.41, 5.74) is 2.30. The zero-order valence-electron chi connectivity index (χ0n) is 9.86. The molecule has 0 bridgehead atoms. The summed E-state index contributed by atoms with van der Waals surface area (Å²) < 4.78 is 0.521. The van der Waals surface area contributed by atoms with Gasteiger partial charge in [0.25, 0.3) is 0 Å². The van der Waals surface area contributed by atoms with Crippen molar-refractivity contribution in [1.82, 2.24) is 5.32 Å². The standard InChI is InChI=1S/C10H11NS2.Ca.2H/c1-2-8-3-5-9(6-4-8)7-11-10(12)13;;;/h2-6H,1,7H2,(H2,11,12,13);;;/q;+2;2*-1. The third-order valence-corrected chi connectivity index (χ3v) is 1.96. The zero-order chi connectivity index (χ0) is 9.68. The molecule has 0 saturated heterocycles. The van der Waals surface area contributed by atoms with Gasteiger partial charge in [-0.25, -0.2) is 0 Å². The Morgan fingerprint density at radius 1 is 1.50 bits per heavy atom. The smallest absolute Gasteiger partial charge is 1.00 e. The van der Waals surface area contributed by atoms with Gasteiger partial charge in [-0.05, 0) is 11.1 Å². The van der Waals surface area contributed by atoms with Gasteiger partial charge in [-0.3, -0.25) is 0 Å². The predicted molar refractivity (Wildman–Crippen MR) is 72.9 cm³/mol. The molecular formula is C10H13CaNS2. The van der Waals surface area contributed by atoms with E-state index in [4.69, 9.17) is 12.2 Å². The van der Waals surface area contributed by atoms with Gasteiger partial charge >= 0.3 is 37.7 Å². The fraction of sp³-hybridized carbons (Fsp3) is 0.100. The number of thiol groups is 1. The number of hydrogen-bond acceptors (Lipinski definition) is 1. The molecule has 14 heavy (non-hydrogen) atoms. The molecule has 1 N–H and O–H groups in total. The molecule has 0 heterocycles. The normalized spacial score (nSPS) is 8.64. The third kappa shape index (κ3) is 5.37. The van der Waals surface area contributed by atoms with Gasteiger partial charge in [-0.1, -0.05) is 49.1 Å². The van der Waals surface area contributed by atoms with Crippen LogP contribution in [0, 0.1) is 0 Å². The Labute approximate surface area is 128 Å². The fourth-order valence-corrected chi connectivity index (χ4v) is 1.10. The van der Waals surface area contributed by atoms with Gasteiger partial charge in [-0.2, -0.15) is 0 Å². The van der Waals surface area contributed by atoms with Crippen LogP contribution >= 0.6 is 24.8 Å². The van der Waals surface area contributed by atoms with E-state index in [1.807, 2.05) is 30.3 Å². The van der Waals surface area contributed by atoms with Crippen molar-refractivity contribution in [3.8, 4) is 0 Å². The predicted octanol–water partition coefficient (Wildman–Crippen LogP) is 2.48. The number of benzene rings is 1. The fourth-order valence-electron chi connectivity index (χ4n) is 0.949. The van der Waals surface area contributed by atoms with Crippen LogP contribution in [0.5, 0.6) is 0 Å². The number of thiocarbonyl (C=S) groups is 1. The van der Waals surface area contributed by atoms with Gasteiger partial charge in [0.2, 0.25) is 0 Å². The Morgan fingerprint density at radius 2 is 2.07 bits per heavy atom. The summed E-state index contributed by atoms with van der Waals surface area (Å²) in [7, 11) is 0. The molecule has 0 spiro atoms. The first-order valence-corrected chi connectivity index (χ1v) is 4.76. The minimum atomic E-state index is 0. The van der Waals surface area contributed by atoms with E-state index in [2.05, 4.69) is 24.5 Å². The van der Waals surface area contributed by atoms with Crippen molar-refractivity contribution in [1.29, 1.82) is 0 Å². The van der Waals surface area contributed by atoms with E-state index in [9.17, 15) is 0 Å². The summed E-state index contributed by atoms with van der Waals surface area (Å²) in [5, 5.41) is 2.97. The van der Waals surface area contributed by atoms with E-state index in [1.54, 1.807) is 0 Å². The van der Waals surface area contributed by atoms with Crippen LogP contribution in [0.1, 0.15) is 14.0 Å². The second-order valence-corrected chi connectivity index (χ2v) is 3.76. The second kappa shape index (κ2) is 7.71. The minimum Gasteiger partial charge on any atom is -1.00 e. The molecule has 0 fully saturated rings. The topological polar surface area (TPSA) is 12.0 Å². The Kier molecular flexibility index (Phi) is 7.97. The summed E-state index contributed by atoms with van der Waals surface area (Å²) in [6.45, 7) is 4.41. The number of nitrogens with one attached hydrogen (secondary N) is 1. The molecular weight excluding hydrogens is 238 g/mol. The molecule has 0 saturated carbocycles. The molecule has 0 radical (unpaired) electrons. The Bertz CT molecular complexity index is 317. The molecule has 1 aromatic rings. The van der Waals surface area contributed by atoms with Crippen LogP contribution in [-0.4, -0.2) is 42.1 Å². The molecule has 0 amide bonds. The summed E-state index contributed by atoms with van der Waals surface area (Å²) in [6.07, 6.45) is 1.82. The maximum absolute atomic E-state index is 4.78. The summed E-state index contributed by atoms with van der Waals surface area (Å²) >= 11 is 8.75. The summed E-state index contributed by atoms with van der Waals surface area (Å²) in [6, 6.07) is 8.11. The Morgan fingerprint density at radius 3 is 2.50 bits per heavy atom. The van der Waals surface area contributed by atoms with Gasteiger partial charge in [-0.15, -0.1) is 12.6 Å². The summed E-state index contributed by atoms with van der Waals surface area (Å²) in [5.74, 6) is 0. The van der Waals surface area contributed by atoms with Crippen molar-refractivity contribution in [2.24, 2.45) is 0 Å². The first-order chi connectivity index (χ1) is 6.22. The molecule has 0 unspecified atom stereocenters. The van der Waals surface area contributed by atoms with E-state index >= 15 is 0 Å². The van der Waals surface area contributed by atoms with E-state index in [0.29, 0.717) is 4.32 Å². The first-order valence-electron chi connectivity index (χ1n) is 3.90. The van der Waals surface area contributed by atoms with Crippen molar-refractivity contribution in [2.75, 3.05) is 0 Å². The van der Waals surface area contributed by atoms with E-state index in [-0.39, 0.29) is 40.6 Å². The number of rotatable bonds is 3. The molecule has 72 valence electrons. The molecule has 1 aromatic carbocycles. The van der Waals surface area contributed by atoms with Gasteiger partial charge < -0.3 is 8.17 Å². The molecule has 0 aromatic heterocycles. The van der Waals surface area contributed by atoms with Crippen LogP contribution < -0.4 is 5.32 Å². The van der Waals surface area contributed by atoms with Crippen LogP contribution in [-0.2, 0) is 6.54 Å². The van der Waals surface area contributed by atoms with Crippen molar-refractivity contribution in [3.05, 3.63) is 42.0 Å². The van der Waals surface area contributed by atoms with Crippen LogP contribution in [0.15, 0.2) is 30.8 Å². The minimum absolute atomic E-state index is 0. The molecule has 0 atom stereocenters. The van der Waals surface area contributed by atoms with Crippen LogP contribution in [0.4, 0.5) is 0 Å². The van der Waals surface area contributed by atoms with E-state index < -0.39 is 0 Å². The average Bonchev–Trinajstić information content (AvgIpc) is 2.15. The third-order valence-electron chi connectivity index (χ3n) is 1.66. The van der Waals surface area contributed by atoms with Crippen LogP contribution in [0.25, 0.3) is 6.08 Å².